The number of morpholine rings is 1. The second-order valence-corrected chi connectivity index (χ2v) is 5.24. The Kier molecular flexibility index (Phi) is 4.80. The van der Waals surface area contributed by atoms with Gasteiger partial charge in [-0.2, -0.15) is 0 Å². The number of hydrogen-bond donors (Lipinski definition) is 2. The lowest BCUT2D eigenvalue weighted by atomic mass is 10.1. The van der Waals surface area contributed by atoms with E-state index >= 15 is 0 Å². The summed E-state index contributed by atoms with van der Waals surface area (Å²) < 4.78 is 5.59. The van der Waals surface area contributed by atoms with E-state index in [1.807, 2.05) is 13.8 Å². The first-order chi connectivity index (χ1) is 9.56. The van der Waals surface area contributed by atoms with Gasteiger partial charge in [-0.1, -0.05) is 18.5 Å². The molecule has 1 saturated heterocycles. The molecule has 1 aliphatic heterocycles. The summed E-state index contributed by atoms with van der Waals surface area (Å²) in [4.78, 5) is 18.6. The summed E-state index contributed by atoms with van der Waals surface area (Å²) in [5.41, 5.74) is 2.64. The van der Waals surface area contributed by atoms with Gasteiger partial charge in [0, 0.05) is 6.54 Å². The number of pyridine rings is 1. The monoisotopic (exact) mass is 298 g/mol. The molecule has 0 aliphatic carbocycles. The van der Waals surface area contributed by atoms with Gasteiger partial charge < -0.3 is 15.1 Å². The van der Waals surface area contributed by atoms with Crippen LogP contribution in [0.2, 0.25) is 5.02 Å². The van der Waals surface area contributed by atoms with E-state index in [1.54, 1.807) is 17.0 Å². The second-order valence-electron chi connectivity index (χ2n) is 4.83. The van der Waals surface area contributed by atoms with E-state index in [4.69, 9.17) is 22.2 Å². The molecule has 6 nitrogen and oxygen atoms in total. The number of aromatic nitrogens is 1. The average molecular weight is 299 g/mol. The van der Waals surface area contributed by atoms with Crippen LogP contribution in [0.3, 0.4) is 0 Å². The van der Waals surface area contributed by atoms with Crippen molar-refractivity contribution in [2.45, 2.75) is 32.4 Å². The van der Waals surface area contributed by atoms with Gasteiger partial charge in [0.2, 0.25) is 0 Å². The highest BCUT2D eigenvalue weighted by molar-refractivity contribution is 6.33. The Hall–Kier alpha value is -1.37. The molecular formula is C13H19ClN4O2. The van der Waals surface area contributed by atoms with Gasteiger partial charge in [0.1, 0.15) is 11.5 Å². The lowest BCUT2D eigenvalue weighted by Crippen LogP contribution is -2.51. The minimum absolute atomic E-state index is 0.0105. The maximum atomic E-state index is 12.7. The first-order valence-electron chi connectivity index (χ1n) is 6.62. The molecule has 0 saturated carbocycles. The second kappa shape index (κ2) is 6.39. The van der Waals surface area contributed by atoms with Crippen molar-refractivity contribution >= 4 is 23.3 Å². The zero-order valence-electron chi connectivity index (χ0n) is 11.6. The van der Waals surface area contributed by atoms with Crippen LogP contribution in [0, 0.1) is 0 Å². The van der Waals surface area contributed by atoms with Crippen LogP contribution in [0.4, 0.5) is 5.82 Å². The Labute approximate surface area is 123 Å². The van der Waals surface area contributed by atoms with Gasteiger partial charge in [-0.25, -0.2) is 10.8 Å². The highest BCUT2D eigenvalue weighted by Crippen LogP contribution is 2.22. The van der Waals surface area contributed by atoms with Crippen LogP contribution in [0.1, 0.15) is 30.8 Å². The minimum Gasteiger partial charge on any atom is -0.375 e. The Balaban J connectivity index is 2.29. The lowest BCUT2D eigenvalue weighted by molar-refractivity contribution is -0.0445. The number of carbonyl (C=O) groups excluding carboxylic acids is 1. The largest absolute Gasteiger partial charge is 0.375 e. The number of rotatable bonds is 3. The molecule has 0 radical (unpaired) electrons. The van der Waals surface area contributed by atoms with Gasteiger partial charge in [0.15, 0.2) is 0 Å². The summed E-state index contributed by atoms with van der Waals surface area (Å²) >= 11 is 6.08. The molecule has 1 aromatic rings. The normalized spacial score (nSPS) is 22.7. The molecule has 110 valence electrons. The number of hydrazine groups is 1. The highest BCUT2D eigenvalue weighted by atomic mass is 35.5. The molecule has 0 aromatic carbocycles. The smallest absolute Gasteiger partial charge is 0.274 e. The quantitative estimate of drug-likeness (QED) is 0.655. The maximum Gasteiger partial charge on any atom is 0.274 e. The van der Waals surface area contributed by atoms with Crippen molar-refractivity contribution in [3.63, 3.8) is 0 Å². The number of hydrogen-bond acceptors (Lipinski definition) is 5. The highest BCUT2D eigenvalue weighted by Gasteiger charge is 2.31. The SMILES string of the molecule is CCC1COC(C)CN1C(=O)c1nc(NN)ccc1Cl. The molecule has 3 N–H and O–H groups in total. The van der Waals surface area contributed by atoms with Gasteiger partial charge in [0.05, 0.1) is 23.8 Å². The molecule has 2 heterocycles. The van der Waals surface area contributed by atoms with Crippen molar-refractivity contribution in [2.75, 3.05) is 18.6 Å². The first kappa shape index (κ1) is 15.0. The number of amides is 1. The van der Waals surface area contributed by atoms with Crippen LogP contribution in [0.25, 0.3) is 0 Å². The van der Waals surface area contributed by atoms with Gasteiger partial charge in [-0.3, -0.25) is 4.79 Å². The molecule has 1 aromatic heterocycles. The molecule has 7 heteroatoms. The third kappa shape index (κ3) is 3.03. The van der Waals surface area contributed by atoms with Crippen molar-refractivity contribution in [1.29, 1.82) is 0 Å². The van der Waals surface area contributed by atoms with Crippen LogP contribution >= 0.6 is 11.6 Å². The summed E-state index contributed by atoms with van der Waals surface area (Å²) in [6.45, 7) is 5.04. The Morgan fingerprint density at radius 2 is 2.40 bits per heavy atom. The predicted molar refractivity (Wildman–Crippen MR) is 77.6 cm³/mol. The fourth-order valence-corrected chi connectivity index (χ4v) is 2.43. The van der Waals surface area contributed by atoms with E-state index in [1.165, 1.54) is 0 Å². The average Bonchev–Trinajstić information content (AvgIpc) is 2.47. The first-order valence-corrected chi connectivity index (χ1v) is 7.00. The van der Waals surface area contributed by atoms with Crippen molar-refractivity contribution in [3.05, 3.63) is 22.8 Å². The zero-order valence-corrected chi connectivity index (χ0v) is 12.4. The number of anilines is 1. The van der Waals surface area contributed by atoms with Crippen LogP contribution < -0.4 is 11.3 Å². The topological polar surface area (TPSA) is 80.5 Å². The minimum atomic E-state index is -0.186. The maximum absolute atomic E-state index is 12.7. The van der Waals surface area contributed by atoms with Crippen LogP contribution in [0.5, 0.6) is 0 Å². The zero-order chi connectivity index (χ0) is 14.7. The number of nitrogens with one attached hydrogen (secondary N) is 1. The van der Waals surface area contributed by atoms with E-state index in [0.717, 1.165) is 6.42 Å². The molecular weight excluding hydrogens is 280 g/mol. The fourth-order valence-electron chi connectivity index (χ4n) is 2.24. The van der Waals surface area contributed by atoms with E-state index < -0.39 is 0 Å². The molecule has 1 aliphatic rings. The van der Waals surface area contributed by atoms with Gasteiger partial charge in [0.25, 0.3) is 5.91 Å². The lowest BCUT2D eigenvalue weighted by Gasteiger charge is -2.38. The Morgan fingerprint density at radius 1 is 1.65 bits per heavy atom. The molecule has 20 heavy (non-hydrogen) atoms. The Bertz CT molecular complexity index is 497. The predicted octanol–water partition coefficient (Wildman–Crippen LogP) is 1.66. The summed E-state index contributed by atoms with van der Waals surface area (Å²) in [5.74, 6) is 5.55. The summed E-state index contributed by atoms with van der Waals surface area (Å²) in [6.07, 6.45) is 0.835. The van der Waals surface area contributed by atoms with Crippen LogP contribution in [-0.4, -0.2) is 41.1 Å². The van der Waals surface area contributed by atoms with Crippen molar-refractivity contribution in [2.24, 2.45) is 5.84 Å². The molecule has 1 amide bonds. The third-order valence-corrected chi connectivity index (χ3v) is 3.70. The van der Waals surface area contributed by atoms with Gasteiger partial charge >= 0.3 is 0 Å². The third-order valence-electron chi connectivity index (χ3n) is 3.40. The molecule has 2 unspecified atom stereocenters. The number of nitrogen functional groups attached to an aromatic ring is 1. The van der Waals surface area contributed by atoms with Crippen molar-refractivity contribution in [3.8, 4) is 0 Å². The van der Waals surface area contributed by atoms with Gasteiger partial charge in [-0.15, -0.1) is 0 Å². The van der Waals surface area contributed by atoms with Crippen LogP contribution in [-0.2, 0) is 4.74 Å². The van der Waals surface area contributed by atoms with E-state index in [0.29, 0.717) is 24.0 Å². The number of ether oxygens (including phenoxy) is 1. The van der Waals surface area contributed by atoms with E-state index in [9.17, 15) is 4.79 Å². The molecule has 2 atom stereocenters. The number of nitrogens with two attached hydrogens (primary N) is 1. The number of nitrogens with zero attached hydrogens (tertiary/aromatic N) is 2. The van der Waals surface area contributed by atoms with E-state index in [2.05, 4.69) is 10.4 Å². The van der Waals surface area contributed by atoms with E-state index in [-0.39, 0.29) is 23.7 Å². The van der Waals surface area contributed by atoms with Crippen molar-refractivity contribution in [1.82, 2.24) is 9.88 Å². The van der Waals surface area contributed by atoms with Crippen molar-refractivity contribution < 1.29 is 9.53 Å². The van der Waals surface area contributed by atoms with Gasteiger partial charge in [-0.05, 0) is 25.5 Å². The molecule has 0 spiro atoms. The number of carbonyl (C=O) groups is 1. The molecule has 0 bridgehead atoms. The summed E-state index contributed by atoms with van der Waals surface area (Å²) in [5, 5.41) is 0.322. The summed E-state index contributed by atoms with van der Waals surface area (Å²) in [6, 6.07) is 3.28. The van der Waals surface area contributed by atoms with Crippen LogP contribution in [0.15, 0.2) is 12.1 Å². The molecule has 1 fully saturated rings. The Morgan fingerprint density at radius 3 is 3.05 bits per heavy atom. The summed E-state index contributed by atoms with van der Waals surface area (Å²) in [7, 11) is 0. The molecule has 2 rings (SSSR count). The standard InChI is InChI=1S/C13H19ClN4O2/c1-3-9-7-20-8(2)6-18(9)13(19)12-10(14)4-5-11(16-12)17-15/h4-5,8-9H,3,6-7,15H2,1-2H3,(H,16,17). The fraction of sp³-hybridized carbons (Fsp3) is 0.538. The number of halogens is 1.